The minimum Gasteiger partial charge on any atom is -0.333 e. The molecule has 3 N–H and O–H groups in total. The molecule has 2 saturated heterocycles. The fraction of sp³-hybridized carbons (Fsp3) is 0.286. The maximum atomic E-state index is 14.3. The highest BCUT2D eigenvalue weighted by molar-refractivity contribution is 5.92. The Bertz CT molecular complexity index is 1570. The van der Waals surface area contributed by atoms with Gasteiger partial charge in [-0.25, -0.2) is 10.6 Å². The zero-order valence-corrected chi connectivity index (χ0v) is 25.5. The Kier molecular flexibility index (Phi) is 9.82. The van der Waals surface area contributed by atoms with Crippen LogP contribution in [0.1, 0.15) is 41.6 Å². The number of rotatable bonds is 11. The van der Waals surface area contributed by atoms with Gasteiger partial charge in [-0.15, -0.1) is 6.42 Å². The van der Waals surface area contributed by atoms with E-state index in [2.05, 4.69) is 17.8 Å². The second kappa shape index (κ2) is 14.1. The average Bonchev–Trinajstić information content (AvgIpc) is 3.38. The maximum Gasteiger partial charge on any atom is 0.332 e. The van der Waals surface area contributed by atoms with Gasteiger partial charge in [-0.05, 0) is 28.7 Å². The molecule has 0 unspecified atom stereocenters. The lowest BCUT2D eigenvalue weighted by Gasteiger charge is -2.46. The minimum atomic E-state index is -0.857. The van der Waals surface area contributed by atoms with Crippen LogP contribution in [0.4, 0.5) is 10.5 Å². The van der Waals surface area contributed by atoms with Gasteiger partial charge in [0.1, 0.15) is 12.2 Å². The molecule has 0 aromatic heterocycles. The van der Waals surface area contributed by atoms with Crippen molar-refractivity contribution in [3.05, 3.63) is 108 Å². The number of hydrogen-bond donors (Lipinski definition) is 2. The molecule has 10 heteroatoms. The van der Waals surface area contributed by atoms with Crippen LogP contribution in [0.25, 0.3) is 6.08 Å². The molecule has 10 nitrogen and oxygen atoms in total. The molecular weight excluding hydrogens is 566 g/mol. The van der Waals surface area contributed by atoms with E-state index in [9.17, 15) is 14.4 Å². The quantitative estimate of drug-likeness (QED) is 0.196. The number of hydrogen-bond acceptors (Lipinski definition) is 6. The Hall–Kier alpha value is -5.11. The van der Waals surface area contributed by atoms with Crippen molar-refractivity contribution in [1.29, 1.82) is 0 Å². The van der Waals surface area contributed by atoms with Gasteiger partial charge in [-0.2, -0.15) is 5.01 Å². The van der Waals surface area contributed by atoms with Crippen LogP contribution >= 0.6 is 0 Å². The Morgan fingerprint density at radius 3 is 2.47 bits per heavy atom. The van der Waals surface area contributed by atoms with Crippen LogP contribution in [-0.2, 0) is 22.7 Å². The second-order valence-corrected chi connectivity index (χ2v) is 11.1. The largest absolute Gasteiger partial charge is 0.333 e. The van der Waals surface area contributed by atoms with E-state index in [0.29, 0.717) is 30.8 Å². The Morgan fingerprint density at radius 2 is 1.80 bits per heavy atom. The SMILES string of the molecule is C#CCN(N)c1c(C=C)cccc1CN1C[C@H]2N(C(=O)CN2N(CCC)C(=O)NCc2ccccc2)[C@@H](c2ccccc2)C1=O. The summed E-state index contributed by atoms with van der Waals surface area (Å²) in [5, 5.41) is 7.90. The van der Waals surface area contributed by atoms with E-state index >= 15 is 0 Å². The van der Waals surface area contributed by atoms with E-state index < -0.39 is 12.2 Å². The molecule has 2 aliphatic heterocycles. The van der Waals surface area contributed by atoms with Gasteiger partial charge in [0, 0.05) is 19.6 Å². The van der Waals surface area contributed by atoms with E-state index in [0.717, 1.165) is 16.7 Å². The van der Waals surface area contributed by atoms with Crippen molar-refractivity contribution < 1.29 is 14.4 Å². The van der Waals surface area contributed by atoms with Crippen molar-refractivity contribution in [2.24, 2.45) is 5.84 Å². The Balaban J connectivity index is 1.50. The Labute approximate surface area is 264 Å². The molecule has 4 amide bonds. The summed E-state index contributed by atoms with van der Waals surface area (Å²) in [5.41, 5.74) is 3.94. The lowest BCUT2D eigenvalue weighted by molar-refractivity contribution is -0.158. The summed E-state index contributed by atoms with van der Waals surface area (Å²) in [7, 11) is 0. The third kappa shape index (κ3) is 6.55. The molecule has 2 fully saturated rings. The number of carbonyl (C=O) groups excluding carboxylic acids is 3. The summed E-state index contributed by atoms with van der Waals surface area (Å²) in [4.78, 5) is 45.0. The highest BCUT2D eigenvalue weighted by Crippen LogP contribution is 2.37. The van der Waals surface area contributed by atoms with Crippen LogP contribution in [0, 0.1) is 12.3 Å². The predicted octanol–water partition coefficient (Wildman–Crippen LogP) is 3.73. The number of piperazine rings is 1. The van der Waals surface area contributed by atoms with Crippen LogP contribution in [0.3, 0.4) is 0 Å². The normalized spacial score (nSPS) is 17.9. The number of benzene rings is 3. The molecule has 2 atom stereocenters. The number of nitrogens with zero attached hydrogens (tertiary/aromatic N) is 5. The predicted molar refractivity (Wildman–Crippen MR) is 175 cm³/mol. The first-order chi connectivity index (χ1) is 21.9. The highest BCUT2D eigenvalue weighted by Gasteiger charge is 2.52. The summed E-state index contributed by atoms with van der Waals surface area (Å²) in [6.07, 6.45) is 7.39. The third-order valence-electron chi connectivity index (χ3n) is 8.12. The van der Waals surface area contributed by atoms with E-state index in [1.165, 1.54) is 5.01 Å². The van der Waals surface area contributed by atoms with Crippen molar-refractivity contribution in [1.82, 2.24) is 25.1 Å². The zero-order valence-electron chi connectivity index (χ0n) is 25.5. The van der Waals surface area contributed by atoms with Gasteiger partial charge in [0.05, 0.1) is 25.3 Å². The molecule has 0 spiro atoms. The number of terminal acetylenes is 1. The third-order valence-corrected chi connectivity index (χ3v) is 8.12. The number of para-hydroxylation sites is 1. The molecule has 2 heterocycles. The monoisotopic (exact) mass is 605 g/mol. The number of carbonyl (C=O) groups is 3. The van der Waals surface area contributed by atoms with Crippen molar-refractivity contribution in [2.45, 2.75) is 38.6 Å². The first kappa shape index (κ1) is 31.3. The Morgan fingerprint density at radius 1 is 1.09 bits per heavy atom. The fourth-order valence-corrected chi connectivity index (χ4v) is 6.10. The highest BCUT2D eigenvalue weighted by atomic mass is 16.2. The van der Waals surface area contributed by atoms with Gasteiger partial charge < -0.3 is 15.1 Å². The van der Waals surface area contributed by atoms with Crippen LogP contribution in [-0.4, -0.2) is 70.0 Å². The van der Waals surface area contributed by atoms with Crippen molar-refractivity contribution in [3.8, 4) is 12.3 Å². The van der Waals surface area contributed by atoms with Crippen LogP contribution in [0.2, 0.25) is 0 Å². The smallest absolute Gasteiger partial charge is 0.332 e. The summed E-state index contributed by atoms with van der Waals surface area (Å²) < 4.78 is 0. The number of nitrogens with one attached hydrogen (secondary N) is 1. The second-order valence-electron chi connectivity index (χ2n) is 11.1. The maximum absolute atomic E-state index is 14.3. The fourth-order valence-electron chi connectivity index (χ4n) is 6.10. The zero-order chi connectivity index (χ0) is 31.9. The average molecular weight is 606 g/mol. The van der Waals surface area contributed by atoms with Gasteiger partial charge in [-0.3, -0.25) is 19.6 Å². The summed E-state index contributed by atoms with van der Waals surface area (Å²) in [5.74, 6) is 8.52. The van der Waals surface area contributed by atoms with Crippen molar-refractivity contribution in [3.63, 3.8) is 0 Å². The molecule has 0 radical (unpaired) electrons. The summed E-state index contributed by atoms with van der Waals surface area (Å²) in [6, 6.07) is 23.5. The van der Waals surface area contributed by atoms with Gasteiger partial charge in [0.25, 0.3) is 5.91 Å². The standard InChI is InChI=1S/C35H39N7O3/c1-4-20-39(36)32-27(6-3)18-13-19-29(32)23-38-24-30-41(40(21-5-2)35(45)37-22-26-14-9-7-10-15-26)25-31(43)42(30)33(34(38)44)28-16-11-8-12-17-28/h1,6-19,30,33H,3,5,20-25,36H2,2H3,(H,37,45)/t30-,33+/m1/s1. The van der Waals surface area contributed by atoms with Gasteiger partial charge in [-0.1, -0.05) is 104 Å². The van der Waals surface area contributed by atoms with Gasteiger partial charge >= 0.3 is 6.03 Å². The number of nitrogens with two attached hydrogens (primary N) is 1. The van der Waals surface area contributed by atoms with E-state index in [1.54, 1.807) is 25.9 Å². The van der Waals surface area contributed by atoms with E-state index in [4.69, 9.17) is 12.3 Å². The molecule has 2 aliphatic rings. The van der Waals surface area contributed by atoms with Crippen LogP contribution in [0.15, 0.2) is 85.4 Å². The molecule has 3 aromatic rings. The molecule has 3 aromatic carbocycles. The topological polar surface area (TPSA) is 105 Å². The van der Waals surface area contributed by atoms with Crippen molar-refractivity contribution in [2.75, 3.05) is 31.2 Å². The lowest BCUT2D eigenvalue weighted by atomic mass is 9.99. The molecule has 45 heavy (non-hydrogen) atoms. The number of amides is 4. The van der Waals surface area contributed by atoms with E-state index in [1.807, 2.05) is 85.8 Å². The van der Waals surface area contributed by atoms with Crippen molar-refractivity contribution >= 4 is 29.6 Å². The molecule has 0 bridgehead atoms. The molecule has 232 valence electrons. The molecule has 0 saturated carbocycles. The number of fused-ring (bicyclic) bond motifs is 1. The minimum absolute atomic E-state index is 0.0240. The van der Waals surface area contributed by atoms with Gasteiger partial charge in [0.15, 0.2) is 0 Å². The summed E-state index contributed by atoms with van der Waals surface area (Å²) in [6.45, 7) is 7.23. The molecular formula is C35H39N7O3. The summed E-state index contributed by atoms with van der Waals surface area (Å²) >= 11 is 0. The van der Waals surface area contributed by atoms with Crippen LogP contribution in [0.5, 0.6) is 0 Å². The lowest BCUT2D eigenvalue weighted by Crippen LogP contribution is -2.63. The molecule has 5 rings (SSSR count). The number of urea groups is 1. The molecule has 0 aliphatic carbocycles. The van der Waals surface area contributed by atoms with E-state index in [-0.39, 0.29) is 44.0 Å². The van der Waals surface area contributed by atoms with Gasteiger partial charge in [0.2, 0.25) is 5.91 Å². The number of anilines is 1. The first-order valence-electron chi connectivity index (χ1n) is 15.1. The van der Waals surface area contributed by atoms with Crippen LogP contribution < -0.4 is 16.2 Å². The number of hydrazine groups is 2. The first-order valence-corrected chi connectivity index (χ1v) is 15.1.